The lowest BCUT2D eigenvalue weighted by atomic mass is 9.82. The minimum absolute atomic E-state index is 0.0875. The Balaban J connectivity index is 1.46. The molecule has 0 radical (unpaired) electrons. The minimum atomic E-state index is 0.0875. The van der Waals surface area contributed by atoms with Crippen LogP contribution in [0.25, 0.3) is 10.9 Å². The van der Waals surface area contributed by atoms with Crippen LogP contribution in [0.15, 0.2) is 60.8 Å². The fourth-order valence-corrected chi connectivity index (χ4v) is 3.86. The number of aromatic nitrogens is 4. The Labute approximate surface area is 168 Å². The van der Waals surface area contributed by atoms with E-state index in [9.17, 15) is 4.79 Å². The zero-order valence-corrected chi connectivity index (χ0v) is 16.0. The van der Waals surface area contributed by atoms with Crippen LogP contribution in [0, 0.1) is 6.92 Å². The van der Waals surface area contributed by atoms with Crippen LogP contribution in [0.3, 0.4) is 0 Å². The van der Waals surface area contributed by atoms with Gasteiger partial charge in [-0.1, -0.05) is 48.5 Å². The maximum absolute atomic E-state index is 12.6. The van der Waals surface area contributed by atoms with E-state index in [4.69, 9.17) is 0 Å². The summed E-state index contributed by atoms with van der Waals surface area (Å²) in [7, 11) is 0. The second-order valence-electron chi connectivity index (χ2n) is 7.27. The number of Topliss-reactive ketones (excluding diaryl/α,β-unsaturated/α-hetero) is 1. The number of anilines is 2. The molecule has 29 heavy (non-hydrogen) atoms. The van der Waals surface area contributed by atoms with E-state index in [0.29, 0.717) is 30.3 Å². The lowest BCUT2D eigenvalue weighted by Crippen LogP contribution is -2.21. The molecule has 2 heterocycles. The summed E-state index contributed by atoms with van der Waals surface area (Å²) < 4.78 is 0. The molecule has 4 aromatic rings. The molecule has 6 heteroatoms. The summed E-state index contributed by atoms with van der Waals surface area (Å²) in [5.41, 5.74) is 4.28. The van der Waals surface area contributed by atoms with Gasteiger partial charge in [0, 0.05) is 18.0 Å². The second kappa shape index (κ2) is 7.05. The van der Waals surface area contributed by atoms with Crippen molar-refractivity contribution >= 4 is 28.6 Å². The van der Waals surface area contributed by atoms with Gasteiger partial charge >= 0.3 is 0 Å². The zero-order chi connectivity index (χ0) is 19.8. The first-order valence-electron chi connectivity index (χ1n) is 9.62. The van der Waals surface area contributed by atoms with Crippen molar-refractivity contribution in [2.45, 2.75) is 25.7 Å². The van der Waals surface area contributed by atoms with Crippen LogP contribution in [0.2, 0.25) is 0 Å². The predicted octanol–water partition coefficient (Wildman–Crippen LogP) is 4.38. The summed E-state index contributed by atoms with van der Waals surface area (Å²) in [5, 5.41) is 4.12. The molecule has 0 saturated carbocycles. The summed E-state index contributed by atoms with van der Waals surface area (Å²) in [6, 6.07) is 18.0. The molecule has 0 aliphatic heterocycles. The number of aryl methyl sites for hydroxylation is 1. The van der Waals surface area contributed by atoms with Gasteiger partial charge in [-0.2, -0.15) is 0 Å². The van der Waals surface area contributed by atoms with Gasteiger partial charge in [0.05, 0.1) is 22.5 Å². The van der Waals surface area contributed by atoms with Crippen LogP contribution < -0.4 is 5.32 Å². The Bertz CT molecular complexity index is 1220. The molecule has 1 N–H and O–H groups in total. The fraction of sp³-hybridized carbons (Fsp3) is 0.174. The van der Waals surface area contributed by atoms with Gasteiger partial charge < -0.3 is 0 Å². The summed E-state index contributed by atoms with van der Waals surface area (Å²) >= 11 is 0. The van der Waals surface area contributed by atoms with Crippen LogP contribution >= 0.6 is 0 Å². The van der Waals surface area contributed by atoms with Gasteiger partial charge in [0.15, 0.2) is 5.78 Å². The molecule has 0 saturated heterocycles. The third-order valence-electron chi connectivity index (χ3n) is 5.33. The van der Waals surface area contributed by atoms with Gasteiger partial charge in [-0.05, 0) is 30.9 Å². The Morgan fingerprint density at radius 1 is 0.897 bits per heavy atom. The van der Waals surface area contributed by atoms with Crippen molar-refractivity contribution in [3.8, 4) is 0 Å². The first kappa shape index (κ1) is 17.4. The number of benzene rings is 2. The van der Waals surface area contributed by atoms with Crippen LogP contribution in [-0.4, -0.2) is 25.7 Å². The molecule has 142 valence electrons. The van der Waals surface area contributed by atoms with Crippen molar-refractivity contribution in [1.29, 1.82) is 0 Å². The number of carbonyl (C=O) groups excluding carboxylic acids is 1. The summed E-state index contributed by atoms with van der Waals surface area (Å²) in [6.45, 7) is 1.95. The van der Waals surface area contributed by atoms with Crippen LogP contribution in [0.4, 0.5) is 11.9 Å². The Morgan fingerprint density at radius 3 is 2.55 bits per heavy atom. The molecule has 0 spiro atoms. The number of nitrogens with one attached hydrogen (secondary N) is 1. The molecule has 0 fully saturated rings. The quantitative estimate of drug-likeness (QED) is 0.567. The third-order valence-corrected chi connectivity index (χ3v) is 5.33. The number of hydrogen-bond donors (Lipinski definition) is 1. The highest BCUT2D eigenvalue weighted by atomic mass is 16.1. The summed E-state index contributed by atoms with van der Waals surface area (Å²) in [4.78, 5) is 30.6. The van der Waals surface area contributed by atoms with Gasteiger partial charge in [-0.3, -0.25) is 10.1 Å². The Morgan fingerprint density at radius 2 is 1.69 bits per heavy atom. The molecular formula is C23H19N5O. The van der Waals surface area contributed by atoms with Gasteiger partial charge in [0.25, 0.3) is 0 Å². The second-order valence-corrected chi connectivity index (χ2v) is 7.27. The molecule has 5 rings (SSSR count). The van der Waals surface area contributed by atoms with Crippen LogP contribution in [-0.2, 0) is 6.42 Å². The maximum Gasteiger partial charge on any atom is 0.230 e. The first-order valence-corrected chi connectivity index (χ1v) is 9.62. The van der Waals surface area contributed by atoms with Crippen molar-refractivity contribution in [1.82, 2.24) is 19.9 Å². The summed E-state index contributed by atoms with van der Waals surface area (Å²) in [6.07, 6.45) is 2.81. The van der Waals surface area contributed by atoms with E-state index >= 15 is 0 Å². The highest BCUT2D eigenvalue weighted by Crippen LogP contribution is 2.32. The average molecular weight is 381 g/mol. The standard InChI is InChI=1S/C23H19N5O/c1-14-17-9-5-6-10-19(17)26-23(25-14)28-22-24-13-18-20(27-22)11-16(12-21(18)29)15-7-3-2-4-8-15/h2-10,13,16H,11-12H2,1H3,(H,24,25,26,27,28)/t16-/m1/s1. The van der Waals surface area contributed by atoms with Gasteiger partial charge in [-0.15, -0.1) is 0 Å². The SMILES string of the molecule is Cc1nc(Nc2ncc3c(n2)C[C@@H](c2ccccc2)CC3=O)nc2ccccc12. The average Bonchev–Trinajstić information content (AvgIpc) is 2.74. The highest BCUT2D eigenvalue weighted by Gasteiger charge is 2.28. The molecule has 0 bridgehead atoms. The number of hydrogen-bond acceptors (Lipinski definition) is 6. The Kier molecular flexibility index (Phi) is 4.24. The van der Waals surface area contributed by atoms with E-state index in [-0.39, 0.29) is 11.7 Å². The molecule has 1 atom stereocenters. The van der Waals surface area contributed by atoms with Gasteiger partial charge in [-0.25, -0.2) is 19.9 Å². The van der Waals surface area contributed by atoms with Crippen molar-refractivity contribution in [2.24, 2.45) is 0 Å². The molecule has 1 aliphatic rings. The number of carbonyl (C=O) groups is 1. The van der Waals surface area contributed by atoms with E-state index in [1.54, 1.807) is 6.20 Å². The lowest BCUT2D eigenvalue weighted by molar-refractivity contribution is 0.0962. The van der Waals surface area contributed by atoms with Crippen molar-refractivity contribution in [3.05, 3.63) is 83.3 Å². The lowest BCUT2D eigenvalue weighted by Gasteiger charge is -2.23. The monoisotopic (exact) mass is 381 g/mol. The van der Waals surface area contributed by atoms with E-state index in [0.717, 1.165) is 27.9 Å². The van der Waals surface area contributed by atoms with E-state index < -0.39 is 0 Å². The largest absolute Gasteiger partial charge is 0.294 e. The van der Waals surface area contributed by atoms with Crippen molar-refractivity contribution in [3.63, 3.8) is 0 Å². The third kappa shape index (κ3) is 3.33. The number of fused-ring (bicyclic) bond motifs is 2. The van der Waals surface area contributed by atoms with Gasteiger partial charge in [0.1, 0.15) is 0 Å². The molecular weight excluding hydrogens is 362 g/mol. The molecule has 6 nitrogen and oxygen atoms in total. The normalized spacial score (nSPS) is 15.9. The highest BCUT2D eigenvalue weighted by molar-refractivity contribution is 5.98. The molecule has 2 aromatic carbocycles. The van der Waals surface area contributed by atoms with Crippen LogP contribution in [0.1, 0.15) is 39.6 Å². The number of para-hydroxylation sites is 1. The van der Waals surface area contributed by atoms with Crippen molar-refractivity contribution in [2.75, 3.05) is 5.32 Å². The molecule has 2 aromatic heterocycles. The molecule has 0 unspecified atom stereocenters. The van der Waals surface area contributed by atoms with Crippen LogP contribution in [0.5, 0.6) is 0 Å². The molecule has 0 amide bonds. The summed E-state index contributed by atoms with van der Waals surface area (Å²) in [5.74, 6) is 1.07. The Hall–Kier alpha value is -3.67. The molecule has 1 aliphatic carbocycles. The van der Waals surface area contributed by atoms with Crippen molar-refractivity contribution < 1.29 is 4.79 Å². The predicted molar refractivity (Wildman–Crippen MR) is 111 cm³/mol. The fourth-order valence-electron chi connectivity index (χ4n) is 3.86. The number of ketones is 1. The topological polar surface area (TPSA) is 80.7 Å². The van der Waals surface area contributed by atoms with E-state index in [2.05, 4.69) is 37.4 Å². The smallest absolute Gasteiger partial charge is 0.230 e. The van der Waals surface area contributed by atoms with E-state index in [1.807, 2.05) is 49.4 Å². The van der Waals surface area contributed by atoms with E-state index in [1.165, 1.54) is 0 Å². The number of nitrogens with zero attached hydrogens (tertiary/aromatic N) is 4. The zero-order valence-electron chi connectivity index (χ0n) is 16.0. The first-order chi connectivity index (χ1) is 14.2. The minimum Gasteiger partial charge on any atom is -0.294 e. The number of rotatable bonds is 3. The van der Waals surface area contributed by atoms with Gasteiger partial charge in [0.2, 0.25) is 11.9 Å². The maximum atomic E-state index is 12.6.